The number of halogens is 1. The zero-order chi connectivity index (χ0) is 15.7. The van der Waals surface area contributed by atoms with Crippen molar-refractivity contribution in [2.24, 2.45) is 0 Å². The van der Waals surface area contributed by atoms with Gasteiger partial charge in [-0.05, 0) is 37.0 Å². The molecule has 2 nitrogen and oxygen atoms in total. The maximum Gasteiger partial charge on any atom is 0.146 e. The highest BCUT2D eigenvalue weighted by atomic mass is 32.7. The van der Waals surface area contributed by atoms with Gasteiger partial charge in [0, 0.05) is 17.6 Å². The monoisotopic (exact) mass is 324 g/mol. The van der Waals surface area contributed by atoms with Crippen molar-refractivity contribution in [2.75, 3.05) is 24.1 Å². The summed E-state index contributed by atoms with van der Waals surface area (Å²) in [5.74, 6) is -0.232. The van der Waals surface area contributed by atoms with Crippen LogP contribution < -0.4 is 10.4 Å². The van der Waals surface area contributed by atoms with Crippen LogP contribution in [0.15, 0.2) is 53.4 Å². The van der Waals surface area contributed by atoms with Crippen LogP contribution in [0.25, 0.3) is 0 Å². The largest absolute Gasteiger partial charge is 0.386 e. The van der Waals surface area contributed by atoms with E-state index in [0.717, 1.165) is 5.69 Å². The first-order valence-corrected chi connectivity index (χ1v) is 10.1. The summed E-state index contributed by atoms with van der Waals surface area (Å²) >= 11 is 1.80. The third-order valence-electron chi connectivity index (χ3n) is 2.51. The van der Waals surface area contributed by atoms with Crippen LogP contribution in [-0.2, 0) is 0 Å². The van der Waals surface area contributed by atoms with E-state index >= 15 is 0 Å². The molecule has 0 bridgehead atoms. The SMILES string of the molecule is CC.CNc1cc(NP(C)Sc2ccccc2)ccc1F. The minimum Gasteiger partial charge on any atom is -0.386 e. The Morgan fingerprint density at radius 2 is 1.71 bits per heavy atom. The van der Waals surface area contributed by atoms with E-state index < -0.39 is 7.27 Å². The maximum atomic E-state index is 13.4. The predicted molar refractivity (Wildman–Crippen MR) is 96.1 cm³/mol. The molecular weight excluding hydrogens is 302 g/mol. The van der Waals surface area contributed by atoms with E-state index in [1.807, 2.05) is 32.0 Å². The van der Waals surface area contributed by atoms with E-state index in [-0.39, 0.29) is 5.82 Å². The lowest BCUT2D eigenvalue weighted by molar-refractivity contribution is 0.631. The van der Waals surface area contributed by atoms with Crippen molar-refractivity contribution in [2.45, 2.75) is 18.7 Å². The normalized spacial score (nSPS) is 11.1. The lowest BCUT2D eigenvalue weighted by Gasteiger charge is -2.15. The summed E-state index contributed by atoms with van der Waals surface area (Å²) in [7, 11) is 1.27. The van der Waals surface area contributed by atoms with Crippen molar-refractivity contribution < 1.29 is 4.39 Å². The van der Waals surface area contributed by atoms with E-state index in [0.29, 0.717) is 5.69 Å². The van der Waals surface area contributed by atoms with E-state index in [1.54, 1.807) is 30.6 Å². The fourth-order valence-electron chi connectivity index (χ4n) is 1.63. The first kappa shape index (κ1) is 17.8. The predicted octanol–water partition coefficient (Wildman–Crippen LogP) is 6.04. The molecule has 2 aromatic carbocycles. The van der Waals surface area contributed by atoms with Gasteiger partial charge in [-0.2, -0.15) is 0 Å². The minimum atomic E-state index is -0.444. The van der Waals surface area contributed by atoms with Crippen molar-refractivity contribution in [1.29, 1.82) is 0 Å². The van der Waals surface area contributed by atoms with Gasteiger partial charge in [0.2, 0.25) is 0 Å². The summed E-state index contributed by atoms with van der Waals surface area (Å²) < 4.78 is 13.4. The average Bonchev–Trinajstić information content (AvgIpc) is 2.52. The van der Waals surface area contributed by atoms with Crippen LogP contribution in [0.5, 0.6) is 0 Å². The van der Waals surface area contributed by atoms with Gasteiger partial charge in [-0.25, -0.2) is 4.39 Å². The van der Waals surface area contributed by atoms with Crippen LogP contribution in [-0.4, -0.2) is 13.7 Å². The third-order valence-corrected chi connectivity index (χ3v) is 5.57. The number of anilines is 2. The molecule has 0 amide bonds. The second kappa shape index (κ2) is 9.64. The standard InChI is InChI=1S/C14H16FN2PS.C2H6/c1-16-14-10-11(8-9-13(14)15)17-18(2)19-12-6-4-3-5-7-12;1-2/h3-10,16-17H,1-2H3;1-2H3. The Morgan fingerprint density at radius 1 is 1.05 bits per heavy atom. The van der Waals surface area contributed by atoms with Gasteiger partial charge >= 0.3 is 0 Å². The number of hydrogen-bond donors (Lipinski definition) is 2. The molecule has 0 aliphatic heterocycles. The summed E-state index contributed by atoms with van der Waals surface area (Å²) in [6, 6.07) is 15.3. The van der Waals surface area contributed by atoms with Gasteiger partial charge in [0.15, 0.2) is 0 Å². The van der Waals surface area contributed by atoms with Gasteiger partial charge < -0.3 is 10.4 Å². The lowest BCUT2D eigenvalue weighted by Crippen LogP contribution is -1.95. The Kier molecular flexibility index (Phi) is 8.17. The van der Waals surface area contributed by atoms with Crippen molar-refractivity contribution in [1.82, 2.24) is 0 Å². The molecule has 1 atom stereocenters. The number of benzene rings is 2. The summed E-state index contributed by atoms with van der Waals surface area (Å²) in [5.41, 5.74) is 1.45. The molecule has 2 rings (SSSR count). The molecule has 2 N–H and O–H groups in total. The molecule has 0 radical (unpaired) electrons. The Morgan fingerprint density at radius 3 is 2.33 bits per heavy atom. The van der Waals surface area contributed by atoms with E-state index in [4.69, 9.17) is 0 Å². The molecule has 0 saturated heterocycles. The Balaban J connectivity index is 0.00000106. The minimum absolute atomic E-state index is 0.232. The molecule has 114 valence electrons. The summed E-state index contributed by atoms with van der Waals surface area (Å²) in [6.07, 6.45) is 0. The second-order valence-corrected chi connectivity index (χ2v) is 8.02. The molecular formula is C16H22FN2PS. The third kappa shape index (κ3) is 5.94. The van der Waals surface area contributed by atoms with Gasteiger partial charge in [-0.1, -0.05) is 43.4 Å². The highest BCUT2D eigenvalue weighted by Crippen LogP contribution is 2.50. The maximum absolute atomic E-state index is 13.4. The molecule has 0 aliphatic rings. The molecule has 5 heteroatoms. The molecule has 0 aliphatic carbocycles. The topological polar surface area (TPSA) is 24.1 Å². The van der Waals surface area contributed by atoms with Gasteiger partial charge in [0.05, 0.1) is 13.0 Å². The van der Waals surface area contributed by atoms with E-state index in [2.05, 4.69) is 29.2 Å². The van der Waals surface area contributed by atoms with Crippen LogP contribution in [0.2, 0.25) is 0 Å². The molecule has 0 saturated carbocycles. The smallest absolute Gasteiger partial charge is 0.146 e. The average molecular weight is 324 g/mol. The van der Waals surface area contributed by atoms with Crippen LogP contribution in [0.4, 0.5) is 15.8 Å². The first-order valence-electron chi connectivity index (χ1n) is 6.90. The zero-order valence-electron chi connectivity index (χ0n) is 12.9. The van der Waals surface area contributed by atoms with Gasteiger partial charge in [-0.3, -0.25) is 0 Å². The number of nitrogens with one attached hydrogen (secondary N) is 2. The number of rotatable bonds is 5. The highest BCUT2D eigenvalue weighted by Gasteiger charge is 2.06. The Hall–Kier alpha value is -1.25. The van der Waals surface area contributed by atoms with Crippen LogP contribution in [0.3, 0.4) is 0 Å². The van der Waals surface area contributed by atoms with Crippen molar-refractivity contribution in [3.05, 3.63) is 54.3 Å². The molecule has 1 unspecified atom stereocenters. The lowest BCUT2D eigenvalue weighted by atomic mass is 10.3. The van der Waals surface area contributed by atoms with Gasteiger partial charge in [0.1, 0.15) is 5.82 Å². The molecule has 0 heterocycles. The quantitative estimate of drug-likeness (QED) is 0.656. The zero-order valence-corrected chi connectivity index (χ0v) is 14.6. The van der Waals surface area contributed by atoms with Crippen LogP contribution in [0, 0.1) is 5.82 Å². The van der Waals surface area contributed by atoms with Crippen molar-refractivity contribution in [3.63, 3.8) is 0 Å². The molecule has 21 heavy (non-hydrogen) atoms. The molecule has 0 fully saturated rings. The number of hydrogen-bond acceptors (Lipinski definition) is 3. The first-order chi connectivity index (χ1) is 10.2. The fourth-order valence-corrected chi connectivity index (χ4v) is 4.54. The highest BCUT2D eigenvalue weighted by molar-refractivity contribution is 8.56. The van der Waals surface area contributed by atoms with Crippen LogP contribution in [0.1, 0.15) is 13.8 Å². The Bertz CT molecular complexity index is 537. The fraction of sp³-hybridized carbons (Fsp3) is 0.250. The summed E-state index contributed by atoms with van der Waals surface area (Å²) in [4.78, 5) is 1.24. The second-order valence-electron chi connectivity index (χ2n) is 3.96. The summed E-state index contributed by atoms with van der Waals surface area (Å²) in [5, 5.41) is 6.26. The molecule has 0 aromatic heterocycles. The Labute approximate surface area is 132 Å². The van der Waals surface area contributed by atoms with Crippen LogP contribution >= 0.6 is 18.7 Å². The van der Waals surface area contributed by atoms with Gasteiger partial charge in [0.25, 0.3) is 0 Å². The molecule has 0 spiro atoms. The van der Waals surface area contributed by atoms with Crippen molar-refractivity contribution >= 4 is 30.0 Å². The van der Waals surface area contributed by atoms with Gasteiger partial charge in [-0.15, -0.1) is 0 Å². The van der Waals surface area contributed by atoms with E-state index in [1.165, 1.54) is 11.0 Å². The van der Waals surface area contributed by atoms with Crippen molar-refractivity contribution in [3.8, 4) is 0 Å². The molecule has 2 aromatic rings. The van der Waals surface area contributed by atoms with E-state index in [9.17, 15) is 4.39 Å². The summed E-state index contributed by atoms with van der Waals surface area (Å²) in [6.45, 7) is 6.15.